The van der Waals surface area contributed by atoms with Gasteiger partial charge in [0.15, 0.2) is 9.84 Å². The molecular weight excluding hydrogens is 318 g/mol. The lowest BCUT2D eigenvalue weighted by Crippen LogP contribution is -2.37. The number of hydrogen-bond acceptors (Lipinski definition) is 5. The number of hydrogen-bond donors (Lipinski definition) is 1. The van der Waals surface area contributed by atoms with Crippen molar-refractivity contribution in [2.75, 3.05) is 18.6 Å². The normalized spacial score (nSPS) is 21.5. The van der Waals surface area contributed by atoms with E-state index in [-0.39, 0.29) is 28.4 Å². The third kappa shape index (κ3) is 3.25. The fraction of sp³-hybridized carbons (Fsp3) is 0.417. The van der Waals surface area contributed by atoms with Gasteiger partial charge in [-0.15, -0.1) is 0 Å². The molecule has 0 radical (unpaired) electrons. The minimum atomic E-state index is -3.84. The summed E-state index contributed by atoms with van der Waals surface area (Å²) in [4.78, 5) is 10.7. The van der Waals surface area contributed by atoms with Gasteiger partial charge in [-0.2, -0.15) is 4.31 Å². The highest BCUT2D eigenvalue weighted by Crippen LogP contribution is 2.23. The second-order valence-corrected chi connectivity index (χ2v) is 9.13. The molecule has 0 bridgehead atoms. The van der Waals surface area contributed by atoms with Crippen LogP contribution in [0.3, 0.4) is 0 Å². The molecule has 9 heteroatoms. The Bertz CT molecular complexity index is 751. The van der Waals surface area contributed by atoms with E-state index in [2.05, 4.69) is 0 Å². The highest BCUT2D eigenvalue weighted by Gasteiger charge is 2.36. The van der Waals surface area contributed by atoms with Gasteiger partial charge in [0.1, 0.15) is 0 Å². The van der Waals surface area contributed by atoms with E-state index in [1.54, 1.807) is 0 Å². The fourth-order valence-corrected chi connectivity index (χ4v) is 5.45. The maximum atomic E-state index is 12.4. The highest BCUT2D eigenvalue weighted by molar-refractivity contribution is 7.92. The maximum Gasteiger partial charge on any atom is 0.335 e. The van der Waals surface area contributed by atoms with E-state index < -0.39 is 31.9 Å². The number of carboxylic acid groups (broad SMARTS) is 1. The second kappa shape index (κ2) is 5.39. The Labute approximate surface area is 123 Å². The van der Waals surface area contributed by atoms with E-state index in [0.717, 1.165) is 4.31 Å². The maximum absolute atomic E-state index is 12.4. The van der Waals surface area contributed by atoms with Crippen LogP contribution in [0.2, 0.25) is 0 Å². The van der Waals surface area contributed by atoms with Crippen molar-refractivity contribution in [3.05, 3.63) is 29.8 Å². The van der Waals surface area contributed by atoms with Crippen molar-refractivity contribution in [2.24, 2.45) is 0 Å². The summed E-state index contributed by atoms with van der Waals surface area (Å²) in [6, 6.07) is 4.24. The molecule has 2 rings (SSSR count). The molecule has 1 saturated heterocycles. The van der Waals surface area contributed by atoms with Crippen LogP contribution in [0.1, 0.15) is 16.8 Å². The Morgan fingerprint density at radius 3 is 2.29 bits per heavy atom. The number of benzene rings is 1. The molecule has 1 N–H and O–H groups in total. The Morgan fingerprint density at radius 1 is 1.29 bits per heavy atom. The number of rotatable bonds is 4. The first-order valence-corrected chi connectivity index (χ1v) is 9.41. The zero-order chi connectivity index (χ0) is 15.8. The molecular formula is C12H15NO6S2. The van der Waals surface area contributed by atoms with E-state index >= 15 is 0 Å². The standard InChI is InChI=1S/C12H15NO6S2/c1-13(10-6-7-20(16,17)8-10)21(18,19)11-4-2-9(3-5-11)12(14)15/h2-5,10H,6-8H2,1H3,(H,14,15). The second-order valence-electron chi connectivity index (χ2n) is 4.91. The molecule has 1 fully saturated rings. The van der Waals surface area contributed by atoms with Gasteiger partial charge in [-0.05, 0) is 30.7 Å². The quantitative estimate of drug-likeness (QED) is 0.842. The first-order valence-electron chi connectivity index (χ1n) is 6.15. The first-order chi connectivity index (χ1) is 9.63. The summed E-state index contributed by atoms with van der Waals surface area (Å²) in [5.41, 5.74) is -0.0138. The van der Waals surface area contributed by atoms with Crippen LogP contribution < -0.4 is 0 Å². The summed E-state index contributed by atoms with van der Waals surface area (Å²) < 4.78 is 48.7. The van der Waals surface area contributed by atoms with Crippen LogP contribution in [-0.2, 0) is 19.9 Å². The monoisotopic (exact) mass is 333 g/mol. The van der Waals surface area contributed by atoms with E-state index in [9.17, 15) is 21.6 Å². The van der Waals surface area contributed by atoms with Crippen LogP contribution in [-0.4, -0.2) is 56.8 Å². The van der Waals surface area contributed by atoms with Crippen LogP contribution >= 0.6 is 0 Å². The van der Waals surface area contributed by atoms with Crippen LogP contribution in [0.5, 0.6) is 0 Å². The lowest BCUT2D eigenvalue weighted by atomic mass is 10.2. The van der Waals surface area contributed by atoms with E-state index in [1.807, 2.05) is 0 Å². The van der Waals surface area contributed by atoms with Crippen LogP contribution in [0.15, 0.2) is 29.2 Å². The molecule has 0 saturated carbocycles. The average Bonchev–Trinajstić information content (AvgIpc) is 2.78. The third-order valence-electron chi connectivity index (χ3n) is 3.50. The van der Waals surface area contributed by atoms with Crippen molar-refractivity contribution >= 4 is 25.8 Å². The van der Waals surface area contributed by atoms with E-state index in [1.165, 1.54) is 31.3 Å². The Kier molecular flexibility index (Phi) is 4.09. The van der Waals surface area contributed by atoms with Gasteiger partial charge in [-0.3, -0.25) is 0 Å². The Morgan fingerprint density at radius 2 is 1.86 bits per heavy atom. The van der Waals surface area contributed by atoms with Gasteiger partial charge < -0.3 is 5.11 Å². The minimum absolute atomic E-state index is 0.0138. The Hall–Kier alpha value is -1.45. The van der Waals surface area contributed by atoms with Crippen LogP contribution in [0, 0.1) is 0 Å². The lowest BCUT2D eigenvalue weighted by Gasteiger charge is -2.22. The van der Waals surface area contributed by atoms with E-state index in [4.69, 9.17) is 5.11 Å². The van der Waals surface area contributed by atoms with Gasteiger partial charge in [-0.25, -0.2) is 21.6 Å². The summed E-state index contributed by atoms with van der Waals surface area (Å²) in [6.07, 6.45) is 0.269. The number of sulfonamides is 1. The zero-order valence-electron chi connectivity index (χ0n) is 11.3. The van der Waals surface area contributed by atoms with E-state index in [0.29, 0.717) is 0 Å². The molecule has 1 aliphatic rings. The number of carboxylic acids is 1. The van der Waals surface area contributed by atoms with Crippen LogP contribution in [0.4, 0.5) is 0 Å². The Balaban J connectivity index is 2.27. The predicted molar refractivity (Wildman–Crippen MR) is 75.4 cm³/mol. The molecule has 0 aromatic heterocycles. The predicted octanol–water partition coefficient (Wildman–Crippen LogP) is 0.192. The van der Waals surface area contributed by atoms with Crippen molar-refractivity contribution in [3.8, 4) is 0 Å². The van der Waals surface area contributed by atoms with Gasteiger partial charge in [0.25, 0.3) is 0 Å². The molecule has 0 aliphatic carbocycles. The van der Waals surface area contributed by atoms with Gasteiger partial charge >= 0.3 is 5.97 Å². The van der Waals surface area contributed by atoms with Gasteiger partial charge in [0.05, 0.1) is 22.0 Å². The largest absolute Gasteiger partial charge is 0.478 e. The van der Waals surface area contributed by atoms with Crippen molar-refractivity contribution in [2.45, 2.75) is 17.4 Å². The van der Waals surface area contributed by atoms with Crippen molar-refractivity contribution in [1.29, 1.82) is 0 Å². The number of sulfone groups is 1. The number of nitrogens with zero attached hydrogens (tertiary/aromatic N) is 1. The molecule has 1 aromatic carbocycles. The topological polar surface area (TPSA) is 109 Å². The smallest absolute Gasteiger partial charge is 0.335 e. The molecule has 116 valence electrons. The average molecular weight is 333 g/mol. The third-order valence-corrected chi connectivity index (χ3v) is 7.18. The van der Waals surface area contributed by atoms with Crippen molar-refractivity contribution in [1.82, 2.24) is 4.31 Å². The number of carbonyl (C=O) groups is 1. The molecule has 1 heterocycles. The summed E-state index contributed by atoms with van der Waals surface area (Å²) in [5, 5.41) is 8.79. The SMILES string of the molecule is CN(C1CCS(=O)(=O)C1)S(=O)(=O)c1ccc(C(=O)O)cc1. The highest BCUT2D eigenvalue weighted by atomic mass is 32.2. The summed E-state index contributed by atoms with van der Waals surface area (Å²) >= 11 is 0. The first kappa shape index (κ1) is 15.9. The van der Waals surface area contributed by atoms with Gasteiger partial charge in [-0.1, -0.05) is 0 Å². The van der Waals surface area contributed by atoms with Crippen molar-refractivity contribution < 1.29 is 26.7 Å². The molecule has 1 atom stereocenters. The van der Waals surface area contributed by atoms with Gasteiger partial charge in [0, 0.05) is 13.1 Å². The molecule has 7 nitrogen and oxygen atoms in total. The zero-order valence-corrected chi connectivity index (χ0v) is 12.9. The fourth-order valence-electron chi connectivity index (χ4n) is 2.19. The molecule has 1 unspecified atom stereocenters. The molecule has 0 amide bonds. The molecule has 1 aliphatic heterocycles. The molecule has 0 spiro atoms. The number of aromatic carboxylic acids is 1. The minimum Gasteiger partial charge on any atom is -0.478 e. The van der Waals surface area contributed by atoms with Crippen molar-refractivity contribution in [3.63, 3.8) is 0 Å². The lowest BCUT2D eigenvalue weighted by molar-refractivity contribution is 0.0696. The van der Waals surface area contributed by atoms with Crippen LogP contribution in [0.25, 0.3) is 0 Å². The summed E-state index contributed by atoms with van der Waals surface area (Å²) in [6.45, 7) is 0. The summed E-state index contributed by atoms with van der Waals surface area (Å²) in [5.74, 6) is -1.35. The molecule has 21 heavy (non-hydrogen) atoms. The molecule has 1 aromatic rings. The van der Waals surface area contributed by atoms with Gasteiger partial charge in [0.2, 0.25) is 10.0 Å². The summed E-state index contributed by atoms with van der Waals surface area (Å²) in [7, 11) is -5.68.